The molecule has 0 fully saturated rings. The Kier molecular flexibility index (Phi) is 5.28. The van der Waals surface area contributed by atoms with Crippen LogP contribution in [0.15, 0.2) is 56.8 Å². The largest absolute Gasteiger partial charge is 0.497 e. The fraction of sp³-hybridized carbons (Fsp3) is 0.211. The van der Waals surface area contributed by atoms with E-state index in [1.54, 1.807) is 19.4 Å². The molecule has 0 bridgehead atoms. The summed E-state index contributed by atoms with van der Waals surface area (Å²) in [7, 11) is 1.62. The van der Waals surface area contributed by atoms with E-state index in [1.165, 1.54) is 4.68 Å². The van der Waals surface area contributed by atoms with Gasteiger partial charge in [-0.3, -0.25) is 4.79 Å². The second-order valence-electron chi connectivity index (χ2n) is 5.57. The van der Waals surface area contributed by atoms with Gasteiger partial charge in [-0.2, -0.15) is 9.78 Å². The van der Waals surface area contributed by atoms with Crippen molar-refractivity contribution in [3.63, 3.8) is 0 Å². The molecule has 3 aromatic rings. The Bertz CT molecular complexity index is 978. The number of rotatable bonds is 5. The molecule has 3 rings (SSSR count). The Hall–Kier alpha value is -2.47. The van der Waals surface area contributed by atoms with Gasteiger partial charge in [-0.15, -0.1) is 0 Å². The van der Waals surface area contributed by atoms with Crippen LogP contribution in [0, 0.1) is 0 Å². The number of hydrogen-bond donors (Lipinski definition) is 0. The van der Waals surface area contributed by atoms with Crippen LogP contribution in [0.3, 0.4) is 0 Å². The molecule has 1 aromatic heterocycles. The number of fused-ring (bicyclic) bond motifs is 1. The third kappa shape index (κ3) is 3.79. The van der Waals surface area contributed by atoms with E-state index in [2.05, 4.69) is 32.9 Å². The van der Waals surface area contributed by atoms with Gasteiger partial charge in [0.2, 0.25) is 0 Å². The molecule has 0 atom stereocenters. The summed E-state index contributed by atoms with van der Waals surface area (Å²) >= 11 is 3.40. The maximum atomic E-state index is 12.9. The van der Waals surface area contributed by atoms with Crippen LogP contribution in [-0.2, 0) is 6.42 Å². The van der Waals surface area contributed by atoms with Crippen LogP contribution < -0.4 is 10.3 Å². The van der Waals surface area contributed by atoms with Crippen LogP contribution in [0.1, 0.15) is 24.7 Å². The number of aromatic nitrogens is 2. The average Bonchev–Trinajstić information content (AvgIpc) is 2.63. The topological polar surface area (TPSA) is 56.5 Å². The lowest BCUT2D eigenvalue weighted by Crippen LogP contribution is -2.22. The Labute approximate surface area is 154 Å². The molecule has 5 nitrogen and oxygen atoms in total. The van der Waals surface area contributed by atoms with Crippen molar-refractivity contribution in [2.24, 2.45) is 5.10 Å². The molecule has 0 saturated carbocycles. The number of halogens is 1. The first-order valence-corrected chi connectivity index (χ1v) is 8.81. The van der Waals surface area contributed by atoms with Crippen LogP contribution in [0.5, 0.6) is 5.75 Å². The van der Waals surface area contributed by atoms with Crippen molar-refractivity contribution in [1.29, 1.82) is 0 Å². The fourth-order valence-corrected chi connectivity index (χ4v) is 2.87. The standard InChI is InChI=1S/C19H18BrN3O2/c1-3-4-18-22-17-10-7-14(20)11-16(17)19(24)23(18)21-12-13-5-8-15(25-2)9-6-13/h5-12H,3-4H2,1-2H3. The molecular weight excluding hydrogens is 382 g/mol. The van der Waals surface area contributed by atoms with E-state index in [9.17, 15) is 4.79 Å². The van der Waals surface area contributed by atoms with E-state index in [1.807, 2.05) is 36.4 Å². The lowest BCUT2D eigenvalue weighted by Gasteiger charge is -2.08. The van der Waals surface area contributed by atoms with Gasteiger partial charge in [0.05, 0.1) is 24.2 Å². The van der Waals surface area contributed by atoms with Gasteiger partial charge in [0.25, 0.3) is 5.56 Å². The number of ether oxygens (including phenoxy) is 1. The first-order chi connectivity index (χ1) is 12.1. The van der Waals surface area contributed by atoms with Crippen LogP contribution in [-0.4, -0.2) is 23.0 Å². The van der Waals surface area contributed by atoms with Gasteiger partial charge in [0, 0.05) is 10.9 Å². The van der Waals surface area contributed by atoms with Gasteiger partial charge in [0.1, 0.15) is 11.6 Å². The molecule has 0 amide bonds. The van der Waals surface area contributed by atoms with E-state index >= 15 is 0 Å². The average molecular weight is 400 g/mol. The van der Waals surface area contributed by atoms with Crippen molar-refractivity contribution in [1.82, 2.24) is 9.66 Å². The molecule has 0 spiro atoms. The molecule has 0 N–H and O–H groups in total. The van der Waals surface area contributed by atoms with E-state index in [0.717, 1.165) is 22.2 Å². The highest BCUT2D eigenvalue weighted by atomic mass is 79.9. The van der Waals surface area contributed by atoms with Crippen molar-refractivity contribution in [2.45, 2.75) is 19.8 Å². The van der Waals surface area contributed by atoms with E-state index in [0.29, 0.717) is 23.1 Å². The summed E-state index contributed by atoms with van der Waals surface area (Å²) < 4.78 is 7.38. The van der Waals surface area contributed by atoms with E-state index in [-0.39, 0.29) is 5.56 Å². The summed E-state index contributed by atoms with van der Waals surface area (Å²) in [6.07, 6.45) is 3.22. The normalized spacial score (nSPS) is 11.3. The molecule has 6 heteroatoms. The van der Waals surface area contributed by atoms with Crippen molar-refractivity contribution in [3.8, 4) is 5.75 Å². The highest BCUT2D eigenvalue weighted by molar-refractivity contribution is 9.10. The molecule has 25 heavy (non-hydrogen) atoms. The molecule has 128 valence electrons. The Morgan fingerprint density at radius 2 is 2.00 bits per heavy atom. The molecule has 1 heterocycles. The lowest BCUT2D eigenvalue weighted by atomic mass is 10.2. The van der Waals surface area contributed by atoms with Crippen molar-refractivity contribution >= 4 is 33.0 Å². The van der Waals surface area contributed by atoms with Gasteiger partial charge < -0.3 is 4.74 Å². The van der Waals surface area contributed by atoms with Crippen molar-refractivity contribution < 1.29 is 4.74 Å². The van der Waals surface area contributed by atoms with Gasteiger partial charge in [-0.1, -0.05) is 22.9 Å². The minimum absolute atomic E-state index is 0.167. The third-order valence-corrected chi connectivity index (χ3v) is 4.28. The summed E-state index contributed by atoms with van der Waals surface area (Å²) in [5, 5.41) is 4.93. The quantitative estimate of drug-likeness (QED) is 0.609. The van der Waals surface area contributed by atoms with E-state index in [4.69, 9.17) is 4.74 Å². The van der Waals surface area contributed by atoms with Crippen LogP contribution in [0.25, 0.3) is 10.9 Å². The minimum atomic E-state index is -0.167. The third-order valence-electron chi connectivity index (χ3n) is 3.79. The van der Waals surface area contributed by atoms with Crippen molar-refractivity contribution in [2.75, 3.05) is 7.11 Å². The van der Waals surface area contributed by atoms with Gasteiger partial charge in [-0.05, 0) is 54.4 Å². The first kappa shape index (κ1) is 17.4. The number of aryl methyl sites for hydroxylation is 1. The zero-order valence-corrected chi connectivity index (χ0v) is 15.7. The highest BCUT2D eigenvalue weighted by Gasteiger charge is 2.10. The second kappa shape index (κ2) is 7.61. The maximum absolute atomic E-state index is 12.9. The zero-order valence-electron chi connectivity index (χ0n) is 14.1. The molecule has 2 aromatic carbocycles. The predicted octanol–water partition coefficient (Wildman–Crippen LogP) is 4.00. The summed E-state index contributed by atoms with van der Waals surface area (Å²) in [4.78, 5) is 17.5. The van der Waals surface area contributed by atoms with Crippen LogP contribution in [0.4, 0.5) is 0 Å². The number of nitrogens with zero attached hydrogens (tertiary/aromatic N) is 3. The molecule has 0 aliphatic heterocycles. The van der Waals surface area contributed by atoms with Crippen molar-refractivity contribution in [3.05, 3.63) is 68.7 Å². The predicted molar refractivity (Wildman–Crippen MR) is 104 cm³/mol. The maximum Gasteiger partial charge on any atom is 0.282 e. The second-order valence-corrected chi connectivity index (χ2v) is 6.49. The highest BCUT2D eigenvalue weighted by Crippen LogP contribution is 2.16. The van der Waals surface area contributed by atoms with Crippen LogP contribution in [0.2, 0.25) is 0 Å². The minimum Gasteiger partial charge on any atom is -0.497 e. The Morgan fingerprint density at radius 3 is 2.68 bits per heavy atom. The molecule has 0 radical (unpaired) electrons. The van der Waals surface area contributed by atoms with E-state index < -0.39 is 0 Å². The number of methoxy groups -OCH3 is 1. The van der Waals surface area contributed by atoms with Gasteiger partial charge in [0.15, 0.2) is 0 Å². The Balaban J connectivity index is 2.08. The molecule has 0 aliphatic rings. The molecule has 0 saturated heterocycles. The van der Waals surface area contributed by atoms with Gasteiger partial charge in [-0.25, -0.2) is 4.98 Å². The number of benzene rings is 2. The molecular formula is C19H18BrN3O2. The summed E-state index contributed by atoms with van der Waals surface area (Å²) in [5.41, 5.74) is 1.40. The summed E-state index contributed by atoms with van der Waals surface area (Å²) in [6, 6.07) is 13.0. The smallest absolute Gasteiger partial charge is 0.282 e. The molecule has 0 aliphatic carbocycles. The zero-order chi connectivity index (χ0) is 17.8. The monoisotopic (exact) mass is 399 g/mol. The fourth-order valence-electron chi connectivity index (χ4n) is 2.51. The summed E-state index contributed by atoms with van der Waals surface area (Å²) in [5.74, 6) is 1.44. The summed E-state index contributed by atoms with van der Waals surface area (Å²) in [6.45, 7) is 2.05. The molecule has 0 unspecified atom stereocenters. The SMILES string of the molecule is CCCc1nc2ccc(Br)cc2c(=O)n1N=Cc1ccc(OC)cc1. The first-order valence-electron chi connectivity index (χ1n) is 8.02. The van der Waals surface area contributed by atoms with Gasteiger partial charge >= 0.3 is 0 Å². The van der Waals surface area contributed by atoms with Crippen LogP contribution >= 0.6 is 15.9 Å². The number of hydrogen-bond acceptors (Lipinski definition) is 4. The Morgan fingerprint density at radius 1 is 1.24 bits per heavy atom. The lowest BCUT2D eigenvalue weighted by molar-refractivity contribution is 0.415.